The van der Waals surface area contributed by atoms with Crippen molar-refractivity contribution in [2.24, 2.45) is 5.41 Å². The summed E-state index contributed by atoms with van der Waals surface area (Å²) in [6.07, 6.45) is 6.99. The zero-order valence-corrected chi connectivity index (χ0v) is 17.7. The van der Waals surface area contributed by atoms with Gasteiger partial charge in [0.1, 0.15) is 0 Å². The van der Waals surface area contributed by atoms with Gasteiger partial charge in [0.25, 0.3) is 0 Å². The van der Waals surface area contributed by atoms with Crippen LogP contribution in [0.15, 0.2) is 12.1 Å². The molecule has 2 heteroatoms. The Bertz CT molecular complexity index is 636. The molecule has 0 bridgehead atoms. The van der Waals surface area contributed by atoms with E-state index in [0.717, 1.165) is 25.8 Å². The minimum atomic E-state index is -0.0581. The number of benzene rings is 1. The third-order valence-corrected chi connectivity index (χ3v) is 6.70. The maximum atomic E-state index is 13.6. The molecular formula is C24H37NO. The molecule has 1 aliphatic heterocycles. The monoisotopic (exact) mass is 355 g/mol. The molecule has 3 rings (SSSR count). The molecule has 2 nitrogen and oxygen atoms in total. The highest BCUT2D eigenvalue weighted by atomic mass is 16.2. The Labute approximate surface area is 160 Å². The average molecular weight is 356 g/mol. The average Bonchev–Trinajstić information content (AvgIpc) is 2.90. The summed E-state index contributed by atoms with van der Waals surface area (Å²) < 4.78 is 0. The second-order valence-corrected chi connectivity index (χ2v) is 9.56. The second kappa shape index (κ2) is 7.37. The fourth-order valence-electron chi connectivity index (χ4n) is 4.96. The number of nitrogens with zero attached hydrogens (tertiary/aromatic N) is 1. The molecule has 2 fully saturated rings. The summed E-state index contributed by atoms with van der Waals surface area (Å²) in [5.41, 5.74) is 5.31. The number of hydrogen-bond donors (Lipinski definition) is 0. The van der Waals surface area contributed by atoms with Gasteiger partial charge < -0.3 is 4.90 Å². The van der Waals surface area contributed by atoms with Gasteiger partial charge in [-0.3, -0.25) is 4.79 Å². The van der Waals surface area contributed by atoms with E-state index in [-0.39, 0.29) is 5.41 Å². The molecule has 1 saturated carbocycles. The number of rotatable bonds is 4. The van der Waals surface area contributed by atoms with Crippen LogP contribution in [0.25, 0.3) is 0 Å². The largest absolute Gasteiger partial charge is 0.311 e. The van der Waals surface area contributed by atoms with Crippen molar-refractivity contribution in [1.29, 1.82) is 0 Å². The van der Waals surface area contributed by atoms with Crippen LogP contribution >= 0.6 is 0 Å². The smallest absolute Gasteiger partial charge is 0.233 e. The van der Waals surface area contributed by atoms with Gasteiger partial charge in [0.05, 0.1) is 11.1 Å². The highest BCUT2D eigenvalue weighted by Crippen LogP contribution is 2.48. The topological polar surface area (TPSA) is 20.3 Å². The summed E-state index contributed by atoms with van der Waals surface area (Å²) in [5, 5.41) is 0. The van der Waals surface area contributed by atoms with Crippen LogP contribution in [0, 0.1) is 5.41 Å². The van der Waals surface area contributed by atoms with Crippen molar-refractivity contribution in [1.82, 2.24) is 0 Å². The van der Waals surface area contributed by atoms with Gasteiger partial charge >= 0.3 is 0 Å². The van der Waals surface area contributed by atoms with Crippen molar-refractivity contribution in [3.8, 4) is 0 Å². The van der Waals surface area contributed by atoms with E-state index in [1.54, 1.807) is 0 Å². The van der Waals surface area contributed by atoms with Gasteiger partial charge in [-0.2, -0.15) is 0 Å². The van der Waals surface area contributed by atoms with Crippen LogP contribution in [0.2, 0.25) is 0 Å². The van der Waals surface area contributed by atoms with Crippen molar-refractivity contribution in [2.45, 2.75) is 97.8 Å². The number of carbonyl (C=O) groups is 1. The Balaban J connectivity index is 2.10. The van der Waals surface area contributed by atoms with E-state index in [2.05, 4.69) is 58.6 Å². The van der Waals surface area contributed by atoms with Crippen molar-refractivity contribution in [2.75, 3.05) is 11.4 Å². The van der Waals surface area contributed by atoms with Crippen molar-refractivity contribution in [3.63, 3.8) is 0 Å². The van der Waals surface area contributed by atoms with Gasteiger partial charge in [-0.1, -0.05) is 72.9 Å². The maximum Gasteiger partial charge on any atom is 0.233 e. The summed E-state index contributed by atoms with van der Waals surface area (Å²) in [6, 6.07) is 4.74. The van der Waals surface area contributed by atoms with Gasteiger partial charge in [-0.15, -0.1) is 0 Å². The molecule has 0 aromatic heterocycles. The Morgan fingerprint density at radius 1 is 0.808 bits per heavy atom. The lowest BCUT2D eigenvalue weighted by Gasteiger charge is -2.33. The first kappa shape index (κ1) is 19.5. The number of hydrogen-bond acceptors (Lipinski definition) is 1. The maximum absolute atomic E-state index is 13.6. The summed E-state index contributed by atoms with van der Waals surface area (Å²) in [5.74, 6) is 1.78. The molecule has 0 atom stereocenters. The van der Waals surface area contributed by atoms with Crippen molar-refractivity contribution < 1.29 is 4.79 Å². The van der Waals surface area contributed by atoms with E-state index in [4.69, 9.17) is 0 Å². The van der Waals surface area contributed by atoms with Gasteiger partial charge in [0, 0.05) is 6.54 Å². The van der Waals surface area contributed by atoms with E-state index >= 15 is 0 Å². The number of anilines is 1. The van der Waals surface area contributed by atoms with Crippen molar-refractivity contribution in [3.05, 3.63) is 28.8 Å². The van der Waals surface area contributed by atoms with E-state index in [1.807, 2.05) is 0 Å². The highest BCUT2D eigenvalue weighted by Gasteiger charge is 2.48. The third-order valence-electron chi connectivity index (χ3n) is 6.70. The first-order chi connectivity index (χ1) is 12.3. The molecule has 26 heavy (non-hydrogen) atoms. The first-order valence-electron chi connectivity index (χ1n) is 10.8. The quantitative estimate of drug-likeness (QED) is 0.585. The van der Waals surface area contributed by atoms with Gasteiger partial charge in [0.2, 0.25) is 5.91 Å². The van der Waals surface area contributed by atoms with Gasteiger partial charge in [0.15, 0.2) is 0 Å². The molecule has 144 valence electrons. The lowest BCUT2D eigenvalue weighted by atomic mass is 9.73. The van der Waals surface area contributed by atoms with E-state index in [1.165, 1.54) is 41.6 Å². The first-order valence-corrected chi connectivity index (χ1v) is 10.8. The zero-order valence-electron chi connectivity index (χ0n) is 17.7. The summed E-state index contributed by atoms with van der Waals surface area (Å²) in [7, 11) is 0. The molecule has 0 radical (unpaired) electrons. The molecule has 1 spiro atoms. The third kappa shape index (κ3) is 3.32. The van der Waals surface area contributed by atoms with E-state index in [0.29, 0.717) is 23.7 Å². The second-order valence-electron chi connectivity index (χ2n) is 9.56. The number of carbonyl (C=O) groups excluding carboxylic acids is 1. The number of amides is 1. The molecule has 1 aliphatic carbocycles. The lowest BCUT2D eigenvalue weighted by molar-refractivity contribution is -0.127. The van der Waals surface area contributed by atoms with Crippen LogP contribution in [-0.4, -0.2) is 12.5 Å². The van der Waals surface area contributed by atoms with Crippen molar-refractivity contribution >= 4 is 11.6 Å². The minimum Gasteiger partial charge on any atom is -0.311 e. The van der Waals surface area contributed by atoms with Gasteiger partial charge in [-0.05, 0) is 53.7 Å². The highest BCUT2D eigenvalue weighted by molar-refractivity contribution is 6.01. The van der Waals surface area contributed by atoms with Crippen LogP contribution in [0.5, 0.6) is 0 Å². The normalized spacial score (nSPS) is 20.2. The van der Waals surface area contributed by atoms with Crippen LogP contribution in [0.4, 0.5) is 5.69 Å². The molecule has 1 heterocycles. The molecule has 1 aromatic rings. The fraction of sp³-hybridized carbons (Fsp3) is 0.708. The Morgan fingerprint density at radius 3 is 1.81 bits per heavy atom. The Kier molecular flexibility index (Phi) is 5.51. The lowest BCUT2D eigenvalue weighted by Crippen LogP contribution is -2.37. The molecule has 1 aromatic carbocycles. The van der Waals surface area contributed by atoms with E-state index in [9.17, 15) is 4.79 Å². The van der Waals surface area contributed by atoms with Crippen LogP contribution in [0.1, 0.15) is 115 Å². The molecule has 2 aliphatic rings. The van der Waals surface area contributed by atoms with Gasteiger partial charge in [-0.25, -0.2) is 0 Å². The summed E-state index contributed by atoms with van der Waals surface area (Å²) in [6.45, 7) is 14.5. The molecule has 0 N–H and O–H groups in total. The Hall–Kier alpha value is -1.31. The molecular weight excluding hydrogens is 318 g/mol. The predicted octanol–water partition coefficient (Wildman–Crippen LogP) is 6.74. The molecule has 0 unspecified atom stereocenters. The predicted molar refractivity (Wildman–Crippen MR) is 111 cm³/mol. The fourth-order valence-corrected chi connectivity index (χ4v) is 4.96. The standard InChI is InChI=1S/C24H37NO/c1-16(2)19-14-20(17(3)4)22(21(15-19)18(5)6)25-13-12-24(23(25)26)10-8-7-9-11-24/h14-18H,7-13H2,1-6H3. The van der Waals surface area contributed by atoms with Crippen LogP contribution in [-0.2, 0) is 4.79 Å². The zero-order chi connectivity index (χ0) is 19.1. The summed E-state index contributed by atoms with van der Waals surface area (Å²) >= 11 is 0. The molecule has 1 amide bonds. The van der Waals surface area contributed by atoms with Crippen LogP contribution in [0.3, 0.4) is 0 Å². The SMILES string of the molecule is CC(C)c1cc(C(C)C)c(N2CCC3(CCCCC3)C2=O)c(C(C)C)c1. The summed E-state index contributed by atoms with van der Waals surface area (Å²) in [4.78, 5) is 15.8. The molecule has 1 saturated heterocycles. The minimum absolute atomic E-state index is 0.0581. The van der Waals surface area contributed by atoms with Crippen LogP contribution < -0.4 is 4.90 Å². The van der Waals surface area contributed by atoms with E-state index < -0.39 is 0 Å². The Morgan fingerprint density at radius 2 is 1.35 bits per heavy atom.